The number of hydrogen-bond acceptors (Lipinski definition) is 4. The number of rotatable bonds is 3. The second kappa shape index (κ2) is 6.32. The highest BCUT2D eigenvalue weighted by molar-refractivity contribution is 5.82. The zero-order valence-corrected chi connectivity index (χ0v) is 15.2. The molecule has 4 rings (SSSR count). The second-order valence-corrected chi connectivity index (χ2v) is 7.56. The topological polar surface area (TPSA) is 69.8 Å². The summed E-state index contributed by atoms with van der Waals surface area (Å²) in [5.74, 6) is 0.339. The zero-order valence-electron chi connectivity index (χ0n) is 15.2. The van der Waals surface area contributed by atoms with Crippen LogP contribution in [0.25, 0.3) is 0 Å². The van der Waals surface area contributed by atoms with Gasteiger partial charge in [-0.25, -0.2) is 0 Å². The smallest absolute Gasteiger partial charge is 0.227 e. The lowest BCUT2D eigenvalue weighted by atomic mass is 9.92. The van der Waals surface area contributed by atoms with Gasteiger partial charge in [0, 0.05) is 44.3 Å². The highest BCUT2D eigenvalue weighted by Gasteiger charge is 2.52. The molecule has 0 radical (unpaired) electrons. The van der Waals surface area contributed by atoms with Gasteiger partial charge in [0.05, 0.1) is 5.92 Å². The largest absolute Gasteiger partial charge is 0.508 e. The molecule has 5 nitrogen and oxygen atoms in total. The van der Waals surface area contributed by atoms with E-state index in [0.29, 0.717) is 13.0 Å². The van der Waals surface area contributed by atoms with Crippen LogP contribution in [0.2, 0.25) is 0 Å². The molecule has 2 aromatic carbocycles. The number of nitrogens with two attached hydrogens (primary N) is 1. The summed E-state index contributed by atoms with van der Waals surface area (Å²) >= 11 is 0. The second-order valence-electron chi connectivity index (χ2n) is 7.56. The van der Waals surface area contributed by atoms with Crippen LogP contribution >= 0.6 is 0 Å². The Kier molecular flexibility index (Phi) is 4.11. The van der Waals surface area contributed by atoms with Gasteiger partial charge in [0.1, 0.15) is 5.75 Å². The fraction of sp³-hybridized carbons (Fsp3) is 0.381. The number of carbonyl (C=O) groups excluding carboxylic acids is 1. The predicted molar refractivity (Wildman–Crippen MR) is 102 cm³/mol. The monoisotopic (exact) mass is 351 g/mol. The molecule has 1 amide bonds. The molecular weight excluding hydrogens is 326 g/mol. The molecule has 3 N–H and O–H groups in total. The van der Waals surface area contributed by atoms with E-state index in [-0.39, 0.29) is 35.6 Å². The van der Waals surface area contributed by atoms with Gasteiger partial charge in [0.2, 0.25) is 5.91 Å². The van der Waals surface area contributed by atoms with Gasteiger partial charge in [-0.15, -0.1) is 0 Å². The van der Waals surface area contributed by atoms with Crippen LogP contribution in [0.4, 0.5) is 5.69 Å². The Bertz CT molecular complexity index is 823. The molecule has 1 heterocycles. The van der Waals surface area contributed by atoms with E-state index in [1.807, 2.05) is 55.4 Å². The number of aromatic hydroxyl groups is 1. The summed E-state index contributed by atoms with van der Waals surface area (Å²) in [7, 11) is 3.89. The number of anilines is 1. The summed E-state index contributed by atoms with van der Waals surface area (Å²) in [6.07, 6.45) is 0.673. The molecule has 4 atom stereocenters. The first-order valence-corrected chi connectivity index (χ1v) is 9.07. The molecule has 2 aliphatic rings. The first-order valence-electron chi connectivity index (χ1n) is 9.07. The maximum absolute atomic E-state index is 13.2. The van der Waals surface area contributed by atoms with Crippen molar-refractivity contribution < 1.29 is 9.90 Å². The van der Waals surface area contributed by atoms with E-state index in [1.54, 1.807) is 12.1 Å². The Morgan fingerprint density at radius 1 is 1.27 bits per heavy atom. The third kappa shape index (κ3) is 2.63. The van der Waals surface area contributed by atoms with Crippen molar-refractivity contribution in [3.8, 4) is 5.75 Å². The Hall–Kier alpha value is -2.53. The maximum atomic E-state index is 13.2. The van der Waals surface area contributed by atoms with E-state index in [1.165, 1.54) is 0 Å². The van der Waals surface area contributed by atoms with Crippen LogP contribution in [0.15, 0.2) is 48.5 Å². The summed E-state index contributed by atoms with van der Waals surface area (Å²) in [4.78, 5) is 17.2. The molecule has 0 aromatic heterocycles. The molecular formula is C21H25N3O2. The molecule has 4 unspecified atom stereocenters. The van der Waals surface area contributed by atoms with Crippen molar-refractivity contribution in [3.63, 3.8) is 0 Å². The van der Waals surface area contributed by atoms with Crippen molar-refractivity contribution in [2.45, 2.75) is 31.0 Å². The predicted octanol–water partition coefficient (Wildman–Crippen LogP) is 2.30. The van der Waals surface area contributed by atoms with Crippen LogP contribution in [-0.4, -0.2) is 42.1 Å². The number of nitrogens with zero attached hydrogens (tertiary/aromatic N) is 2. The number of fused-ring (bicyclic) bond motifs is 3. The molecule has 1 fully saturated rings. The summed E-state index contributed by atoms with van der Waals surface area (Å²) in [6, 6.07) is 15.4. The van der Waals surface area contributed by atoms with E-state index in [9.17, 15) is 9.90 Å². The lowest BCUT2D eigenvalue weighted by molar-refractivity contribution is -0.135. The fourth-order valence-electron chi connectivity index (χ4n) is 4.76. The normalized spacial score (nSPS) is 26.5. The van der Waals surface area contributed by atoms with Crippen LogP contribution in [0.5, 0.6) is 5.75 Å². The average Bonchev–Trinajstić information content (AvgIpc) is 3.11. The summed E-state index contributed by atoms with van der Waals surface area (Å²) in [5, 5.41) is 9.88. The first-order chi connectivity index (χ1) is 12.5. The number of likely N-dealkylation sites (N-methyl/N-ethyl adjacent to an activating group) is 1. The minimum absolute atomic E-state index is 0.0486. The zero-order chi connectivity index (χ0) is 18.4. The van der Waals surface area contributed by atoms with E-state index >= 15 is 0 Å². The van der Waals surface area contributed by atoms with Crippen LogP contribution in [-0.2, 0) is 11.3 Å². The van der Waals surface area contributed by atoms with Crippen LogP contribution in [0, 0.1) is 5.92 Å². The average molecular weight is 351 g/mol. The standard InChI is InChI=1S/C21H25N3O2/c1-23(12-13-6-4-3-5-7-13)21(26)16-11-17(22)19-15-10-14(25)8-9-18(15)24(2)20(16)19/h3-10,16-17,19-20,25H,11-12,22H2,1-2H3. The Morgan fingerprint density at radius 3 is 2.73 bits per heavy atom. The minimum atomic E-state index is -0.136. The highest BCUT2D eigenvalue weighted by Crippen LogP contribution is 2.51. The minimum Gasteiger partial charge on any atom is -0.508 e. The molecule has 26 heavy (non-hydrogen) atoms. The van der Waals surface area contributed by atoms with Crippen molar-refractivity contribution in [2.75, 3.05) is 19.0 Å². The van der Waals surface area contributed by atoms with Gasteiger partial charge in [-0.05, 0) is 35.7 Å². The lowest BCUT2D eigenvalue weighted by Gasteiger charge is -2.30. The Morgan fingerprint density at radius 2 is 2.00 bits per heavy atom. The third-order valence-electron chi connectivity index (χ3n) is 5.92. The van der Waals surface area contributed by atoms with Crippen LogP contribution in [0.3, 0.4) is 0 Å². The molecule has 0 spiro atoms. The molecule has 2 aromatic rings. The van der Waals surface area contributed by atoms with E-state index in [0.717, 1.165) is 16.8 Å². The van der Waals surface area contributed by atoms with Crippen LogP contribution in [0.1, 0.15) is 23.5 Å². The SMILES string of the molecule is CN(Cc1ccccc1)C(=O)C1CC(N)C2c3cc(O)ccc3N(C)C12. The highest BCUT2D eigenvalue weighted by atomic mass is 16.3. The van der Waals surface area contributed by atoms with Gasteiger partial charge >= 0.3 is 0 Å². The van der Waals surface area contributed by atoms with Gasteiger partial charge in [0.15, 0.2) is 0 Å². The summed E-state index contributed by atoms with van der Waals surface area (Å²) < 4.78 is 0. The summed E-state index contributed by atoms with van der Waals surface area (Å²) in [6.45, 7) is 0.597. The van der Waals surface area contributed by atoms with Gasteiger partial charge < -0.3 is 20.6 Å². The maximum Gasteiger partial charge on any atom is 0.227 e. The molecule has 136 valence electrons. The van der Waals surface area contributed by atoms with Gasteiger partial charge in [-0.3, -0.25) is 4.79 Å². The number of phenols is 1. The molecule has 1 saturated carbocycles. The van der Waals surface area contributed by atoms with Crippen molar-refractivity contribution in [3.05, 3.63) is 59.7 Å². The lowest BCUT2D eigenvalue weighted by Crippen LogP contribution is -2.42. The van der Waals surface area contributed by atoms with E-state index in [2.05, 4.69) is 4.90 Å². The van der Waals surface area contributed by atoms with Crippen molar-refractivity contribution in [2.24, 2.45) is 11.7 Å². The van der Waals surface area contributed by atoms with Crippen LogP contribution < -0.4 is 10.6 Å². The number of amides is 1. The van der Waals surface area contributed by atoms with E-state index < -0.39 is 0 Å². The van der Waals surface area contributed by atoms with Crippen molar-refractivity contribution in [1.82, 2.24) is 4.90 Å². The quantitative estimate of drug-likeness (QED) is 0.890. The molecule has 0 bridgehead atoms. The number of carbonyl (C=O) groups is 1. The van der Waals surface area contributed by atoms with Gasteiger partial charge in [0.25, 0.3) is 0 Å². The molecule has 5 heteroatoms. The molecule has 1 aliphatic heterocycles. The van der Waals surface area contributed by atoms with Gasteiger partial charge in [-0.1, -0.05) is 30.3 Å². The number of phenolic OH excluding ortho intramolecular Hbond substituents is 1. The Balaban J connectivity index is 1.58. The summed E-state index contributed by atoms with van der Waals surface area (Å²) in [5.41, 5.74) is 9.70. The van der Waals surface area contributed by atoms with Gasteiger partial charge in [-0.2, -0.15) is 0 Å². The third-order valence-corrected chi connectivity index (χ3v) is 5.92. The first kappa shape index (κ1) is 16.9. The fourth-order valence-corrected chi connectivity index (χ4v) is 4.76. The Labute approximate surface area is 154 Å². The molecule has 1 aliphatic carbocycles. The van der Waals surface area contributed by atoms with Crippen molar-refractivity contribution in [1.29, 1.82) is 0 Å². The molecule has 0 saturated heterocycles. The van der Waals surface area contributed by atoms with E-state index in [4.69, 9.17) is 5.73 Å². The number of benzene rings is 2. The number of hydrogen-bond donors (Lipinski definition) is 2. The van der Waals surface area contributed by atoms with Crippen molar-refractivity contribution >= 4 is 11.6 Å².